The largest absolute Gasteiger partial charge is 0.462 e. The van der Waals surface area contributed by atoms with Crippen molar-refractivity contribution in [2.75, 3.05) is 10.8 Å². The third-order valence-corrected chi connectivity index (χ3v) is 6.63. The van der Waals surface area contributed by atoms with Gasteiger partial charge in [0, 0.05) is 4.47 Å². The molecular formula is C17H15BrCl3NO4S. The number of esters is 1. The van der Waals surface area contributed by atoms with E-state index < -0.39 is 28.6 Å². The van der Waals surface area contributed by atoms with E-state index in [2.05, 4.69) is 15.9 Å². The fourth-order valence-corrected chi connectivity index (χ4v) is 4.53. The topological polar surface area (TPSA) is 63.7 Å². The molecule has 146 valence electrons. The number of hydrogen-bond donors (Lipinski definition) is 0. The predicted octanol–water partition coefficient (Wildman–Crippen LogP) is 5.56. The number of halogens is 4. The van der Waals surface area contributed by atoms with E-state index in [4.69, 9.17) is 39.5 Å². The number of hydrogen-bond acceptors (Lipinski definition) is 4. The summed E-state index contributed by atoms with van der Waals surface area (Å²) in [5, 5.41) is 0.294. The van der Waals surface area contributed by atoms with E-state index >= 15 is 0 Å². The summed E-state index contributed by atoms with van der Waals surface area (Å²) in [6.07, 6.45) is -0.404. The molecule has 2 aromatic carbocycles. The number of anilines is 1. The van der Waals surface area contributed by atoms with Crippen molar-refractivity contribution in [2.45, 2.75) is 24.8 Å². The van der Waals surface area contributed by atoms with Gasteiger partial charge in [-0.15, -0.1) is 0 Å². The van der Waals surface area contributed by atoms with Crippen molar-refractivity contribution < 1.29 is 17.9 Å². The summed E-state index contributed by atoms with van der Waals surface area (Å²) in [7, 11) is -4.13. The van der Waals surface area contributed by atoms with Crippen LogP contribution in [0.5, 0.6) is 0 Å². The van der Waals surface area contributed by atoms with Crippen LogP contribution in [0.3, 0.4) is 0 Å². The van der Waals surface area contributed by atoms with E-state index in [0.29, 0.717) is 4.47 Å². The first kappa shape index (κ1) is 22.3. The molecule has 0 aliphatic rings. The van der Waals surface area contributed by atoms with Crippen molar-refractivity contribution in [1.29, 1.82) is 0 Å². The lowest BCUT2D eigenvalue weighted by molar-refractivity contribution is -0.145. The highest BCUT2D eigenvalue weighted by atomic mass is 79.9. The summed E-state index contributed by atoms with van der Waals surface area (Å²) < 4.78 is 33.0. The minimum absolute atomic E-state index is 0.0229. The normalized spacial score (nSPS) is 11.5. The first-order valence-corrected chi connectivity index (χ1v) is 11.0. The van der Waals surface area contributed by atoms with Crippen LogP contribution in [-0.2, 0) is 19.6 Å². The SMILES string of the molecule is CC(C)OC(=O)CN(c1cc(Cl)c(Cl)cc1Cl)S(=O)(=O)c1ccc(Br)cc1. The van der Waals surface area contributed by atoms with E-state index in [0.717, 1.165) is 4.31 Å². The summed E-state index contributed by atoms with van der Waals surface area (Å²) in [4.78, 5) is 12.2. The molecule has 0 aromatic heterocycles. The molecule has 27 heavy (non-hydrogen) atoms. The van der Waals surface area contributed by atoms with Crippen LogP contribution in [-0.4, -0.2) is 27.0 Å². The molecule has 5 nitrogen and oxygen atoms in total. The molecule has 0 unspecified atom stereocenters. The third kappa shape index (κ3) is 5.51. The second kappa shape index (κ2) is 9.01. The summed E-state index contributed by atoms with van der Waals surface area (Å²) in [6, 6.07) is 8.59. The molecule has 2 rings (SSSR count). The highest BCUT2D eigenvalue weighted by Gasteiger charge is 2.30. The van der Waals surface area contributed by atoms with Crippen molar-refractivity contribution >= 4 is 72.4 Å². The fourth-order valence-electron chi connectivity index (χ4n) is 2.15. The van der Waals surface area contributed by atoms with Gasteiger partial charge in [-0.25, -0.2) is 8.42 Å². The monoisotopic (exact) mass is 513 g/mol. The molecule has 0 heterocycles. The molecule has 0 aliphatic carbocycles. The van der Waals surface area contributed by atoms with Crippen LogP contribution in [0.25, 0.3) is 0 Å². The summed E-state index contributed by atoms with van der Waals surface area (Å²) in [5.41, 5.74) is 0.0229. The maximum absolute atomic E-state index is 13.2. The molecule has 0 saturated carbocycles. The summed E-state index contributed by atoms with van der Waals surface area (Å²) in [5.74, 6) is -0.729. The molecule has 0 saturated heterocycles. The zero-order valence-electron chi connectivity index (χ0n) is 14.2. The Bertz CT molecular complexity index is 949. The number of nitrogens with zero attached hydrogens (tertiary/aromatic N) is 1. The zero-order valence-corrected chi connectivity index (χ0v) is 18.9. The molecule has 0 spiro atoms. The molecule has 0 amide bonds. The van der Waals surface area contributed by atoms with Crippen LogP contribution < -0.4 is 4.31 Å². The highest BCUT2D eigenvalue weighted by Crippen LogP contribution is 2.37. The molecule has 0 atom stereocenters. The average Bonchev–Trinajstić information content (AvgIpc) is 2.56. The van der Waals surface area contributed by atoms with Crippen LogP contribution in [0.4, 0.5) is 5.69 Å². The van der Waals surface area contributed by atoms with Gasteiger partial charge in [0.25, 0.3) is 10.0 Å². The first-order valence-electron chi connectivity index (χ1n) is 7.64. The van der Waals surface area contributed by atoms with Crippen LogP contribution >= 0.6 is 50.7 Å². The number of carbonyl (C=O) groups excluding carboxylic acids is 1. The Kier molecular flexibility index (Phi) is 7.44. The van der Waals surface area contributed by atoms with Gasteiger partial charge in [-0.2, -0.15) is 0 Å². The van der Waals surface area contributed by atoms with Crippen molar-refractivity contribution in [2.24, 2.45) is 0 Å². The van der Waals surface area contributed by atoms with Gasteiger partial charge in [0.1, 0.15) is 6.54 Å². The number of carbonyl (C=O) groups is 1. The Labute approximate surface area is 181 Å². The smallest absolute Gasteiger partial charge is 0.327 e. The minimum Gasteiger partial charge on any atom is -0.462 e. The predicted molar refractivity (Wildman–Crippen MR) is 111 cm³/mol. The van der Waals surface area contributed by atoms with Crippen molar-refractivity contribution in [3.63, 3.8) is 0 Å². The van der Waals surface area contributed by atoms with Gasteiger partial charge < -0.3 is 4.74 Å². The average molecular weight is 516 g/mol. The third-order valence-electron chi connectivity index (χ3n) is 3.30. The van der Waals surface area contributed by atoms with E-state index in [1.807, 2.05) is 0 Å². The van der Waals surface area contributed by atoms with Gasteiger partial charge in [-0.05, 0) is 50.2 Å². The van der Waals surface area contributed by atoms with E-state index in [1.165, 1.54) is 24.3 Å². The van der Waals surface area contributed by atoms with Gasteiger partial charge >= 0.3 is 5.97 Å². The zero-order chi connectivity index (χ0) is 20.4. The highest BCUT2D eigenvalue weighted by molar-refractivity contribution is 9.10. The maximum atomic E-state index is 13.2. The molecule has 0 fully saturated rings. The van der Waals surface area contributed by atoms with Gasteiger partial charge in [-0.1, -0.05) is 50.7 Å². The lowest BCUT2D eigenvalue weighted by atomic mass is 10.3. The minimum atomic E-state index is -4.13. The van der Waals surface area contributed by atoms with E-state index in [-0.39, 0.29) is 25.7 Å². The van der Waals surface area contributed by atoms with Gasteiger partial charge in [-0.3, -0.25) is 9.10 Å². The Balaban J connectivity index is 2.57. The van der Waals surface area contributed by atoms with Crippen LogP contribution in [0.1, 0.15) is 13.8 Å². The van der Waals surface area contributed by atoms with Gasteiger partial charge in [0.15, 0.2) is 0 Å². The van der Waals surface area contributed by atoms with Gasteiger partial charge in [0.2, 0.25) is 0 Å². The van der Waals surface area contributed by atoms with Crippen LogP contribution in [0.15, 0.2) is 45.8 Å². The number of sulfonamides is 1. The Morgan fingerprint density at radius 3 is 2.19 bits per heavy atom. The van der Waals surface area contributed by atoms with E-state index in [1.54, 1.807) is 26.0 Å². The molecule has 0 radical (unpaired) electrons. The lowest BCUT2D eigenvalue weighted by Crippen LogP contribution is -2.37. The van der Waals surface area contributed by atoms with E-state index in [9.17, 15) is 13.2 Å². The summed E-state index contributed by atoms with van der Waals surface area (Å²) in [6.45, 7) is 2.75. The van der Waals surface area contributed by atoms with Crippen molar-refractivity contribution in [1.82, 2.24) is 0 Å². The van der Waals surface area contributed by atoms with Crippen molar-refractivity contribution in [3.8, 4) is 0 Å². The molecule has 0 bridgehead atoms. The Morgan fingerprint density at radius 2 is 1.63 bits per heavy atom. The van der Waals surface area contributed by atoms with Crippen molar-refractivity contribution in [3.05, 3.63) is 55.9 Å². The summed E-state index contributed by atoms with van der Waals surface area (Å²) >= 11 is 21.4. The Hall–Kier alpha value is -0.990. The second-order valence-corrected chi connectivity index (χ2v) is 9.72. The fraction of sp³-hybridized carbons (Fsp3) is 0.235. The standard InChI is InChI=1S/C17H15BrCl3NO4S/c1-10(2)26-17(23)9-22(16-8-14(20)13(19)7-15(16)21)27(24,25)12-5-3-11(18)4-6-12/h3-8,10H,9H2,1-2H3. The Morgan fingerprint density at radius 1 is 1.07 bits per heavy atom. The quantitative estimate of drug-likeness (QED) is 0.374. The maximum Gasteiger partial charge on any atom is 0.327 e. The first-order chi connectivity index (χ1) is 12.5. The number of benzene rings is 2. The molecule has 0 N–H and O–H groups in total. The molecular weight excluding hydrogens is 501 g/mol. The number of rotatable bonds is 6. The molecule has 10 heteroatoms. The lowest BCUT2D eigenvalue weighted by Gasteiger charge is -2.25. The van der Waals surface area contributed by atoms with Crippen LogP contribution in [0, 0.1) is 0 Å². The molecule has 0 aliphatic heterocycles. The van der Waals surface area contributed by atoms with Crippen LogP contribution in [0.2, 0.25) is 15.1 Å². The molecule has 2 aromatic rings. The number of ether oxygens (including phenoxy) is 1. The second-order valence-electron chi connectivity index (χ2n) is 5.72. The van der Waals surface area contributed by atoms with Gasteiger partial charge in [0.05, 0.1) is 31.8 Å².